The van der Waals surface area contributed by atoms with Gasteiger partial charge in [-0.3, -0.25) is 0 Å². The lowest BCUT2D eigenvalue weighted by Crippen LogP contribution is -2.41. The van der Waals surface area contributed by atoms with Crippen LogP contribution in [0.1, 0.15) is 24.3 Å². The normalized spacial score (nSPS) is 21.2. The number of rotatable bonds is 2. The molecular weight excluding hydrogens is 160 g/mol. The van der Waals surface area contributed by atoms with Gasteiger partial charge in [0, 0.05) is 23.5 Å². The molecule has 0 atom stereocenters. The van der Waals surface area contributed by atoms with Gasteiger partial charge < -0.3 is 5.73 Å². The van der Waals surface area contributed by atoms with Gasteiger partial charge in [0.25, 0.3) is 0 Å². The fourth-order valence-electron chi connectivity index (χ4n) is 1.45. The maximum absolute atomic E-state index is 5.67. The molecule has 0 radical (unpaired) electrons. The minimum absolute atomic E-state index is 0.147. The van der Waals surface area contributed by atoms with E-state index < -0.39 is 0 Å². The van der Waals surface area contributed by atoms with Crippen LogP contribution in [0.3, 0.4) is 0 Å². The van der Waals surface area contributed by atoms with Gasteiger partial charge in [-0.1, -0.05) is 10.9 Å². The Hall–Kier alpha value is -0.550. The first-order chi connectivity index (χ1) is 5.37. The zero-order valence-electron chi connectivity index (χ0n) is 6.16. The molecule has 0 aliphatic heterocycles. The highest BCUT2D eigenvalue weighted by atomic mass is 32.1. The Morgan fingerprint density at radius 1 is 1.55 bits per heavy atom. The second-order valence-electron chi connectivity index (χ2n) is 3.01. The quantitative estimate of drug-likeness (QED) is 0.694. The third-order valence-electron chi connectivity index (χ3n) is 2.45. The van der Waals surface area contributed by atoms with Gasteiger partial charge in [0.1, 0.15) is 5.01 Å². The number of hydrogen-bond acceptors (Lipinski definition) is 5. The highest BCUT2D eigenvalue weighted by molar-refractivity contribution is 7.05. The SMILES string of the molecule is NCC1(c2nnns2)CCC1. The molecule has 0 saturated heterocycles. The Bertz CT molecular complexity index is 223. The molecule has 1 fully saturated rings. The third-order valence-corrected chi connectivity index (χ3v) is 3.30. The molecule has 1 aliphatic carbocycles. The standard InChI is InChI=1S/C6H10N4S/c7-4-6(2-1-3-6)5-8-9-10-11-5/h1-4,7H2. The lowest BCUT2D eigenvalue weighted by atomic mass is 9.69. The van der Waals surface area contributed by atoms with E-state index in [1.54, 1.807) is 0 Å². The fraction of sp³-hybridized carbons (Fsp3) is 0.833. The molecule has 2 N–H and O–H groups in total. The minimum Gasteiger partial charge on any atom is -0.329 e. The molecule has 60 valence electrons. The maximum Gasteiger partial charge on any atom is 0.145 e. The molecule has 1 saturated carbocycles. The van der Waals surface area contributed by atoms with Crippen molar-refractivity contribution in [3.63, 3.8) is 0 Å². The van der Waals surface area contributed by atoms with Crippen LogP contribution in [0.15, 0.2) is 0 Å². The van der Waals surface area contributed by atoms with Gasteiger partial charge in [0.15, 0.2) is 0 Å². The van der Waals surface area contributed by atoms with Crippen LogP contribution in [0.5, 0.6) is 0 Å². The van der Waals surface area contributed by atoms with E-state index >= 15 is 0 Å². The van der Waals surface area contributed by atoms with Crippen LogP contribution in [-0.2, 0) is 5.41 Å². The molecule has 1 aliphatic rings. The van der Waals surface area contributed by atoms with E-state index in [-0.39, 0.29) is 5.41 Å². The zero-order valence-corrected chi connectivity index (χ0v) is 6.97. The van der Waals surface area contributed by atoms with E-state index in [0.29, 0.717) is 6.54 Å². The number of aromatic nitrogens is 3. The van der Waals surface area contributed by atoms with Gasteiger partial charge in [-0.05, 0) is 18.1 Å². The lowest BCUT2D eigenvalue weighted by Gasteiger charge is -2.37. The maximum atomic E-state index is 5.67. The molecule has 0 aromatic carbocycles. The number of nitrogens with two attached hydrogens (primary N) is 1. The minimum atomic E-state index is 0.147. The summed E-state index contributed by atoms with van der Waals surface area (Å²) >= 11 is 1.38. The van der Waals surface area contributed by atoms with Gasteiger partial charge in [0.05, 0.1) is 0 Å². The summed E-state index contributed by atoms with van der Waals surface area (Å²) in [5, 5.41) is 8.56. The van der Waals surface area contributed by atoms with Crippen LogP contribution in [0, 0.1) is 0 Å². The monoisotopic (exact) mass is 170 g/mol. The Morgan fingerprint density at radius 2 is 2.36 bits per heavy atom. The summed E-state index contributed by atoms with van der Waals surface area (Å²) in [5.74, 6) is 0. The van der Waals surface area contributed by atoms with Crippen LogP contribution >= 0.6 is 11.5 Å². The molecule has 4 nitrogen and oxygen atoms in total. The van der Waals surface area contributed by atoms with Gasteiger partial charge in [0.2, 0.25) is 0 Å². The van der Waals surface area contributed by atoms with Gasteiger partial charge in [-0.25, -0.2) is 0 Å². The van der Waals surface area contributed by atoms with Crippen molar-refractivity contribution in [1.82, 2.24) is 14.8 Å². The van der Waals surface area contributed by atoms with Crippen molar-refractivity contribution in [2.45, 2.75) is 24.7 Å². The highest BCUT2D eigenvalue weighted by Crippen LogP contribution is 2.42. The summed E-state index contributed by atoms with van der Waals surface area (Å²) in [5.41, 5.74) is 5.82. The second kappa shape index (κ2) is 2.49. The summed E-state index contributed by atoms with van der Waals surface area (Å²) in [7, 11) is 0. The van der Waals surface area contributed by atoms with Crippen molar-refractivity contribution in [3.05, 3.63) is 5.01 Å². The van der Waals surface area contributed by atoms with Crippen LogP contribution < -0.4 is 5.73 Å². The van der Waals surface area contributed by atoms with Crippen molar-refractivity contribution in [3.8, 4) is 0 Å². The summed E-state index contributed by atoms with van der Waals surface area (Å²) in [6.45, 7) is 0.684. The van der Waals surface area contributed by atoms with Crippen molar-refractivity contribution in [1.29, 1.82) is 0 Å². The first-order valence-corrected chi connectivity index (χ1v) is 4.50. The van der Waals surface area contributed by atoms with Gasteiger partial charge in [-0.2, -0.15) is 0 Å². The fourth-order valence-corrected chi connectivity index (χ4v) is 2.15. The average Bonchev–Trinajstić information content (AvgIpc) is 2.39. The lowest BCUT2D eigenvalue weighted by molar-refractivity contribution is 0.251. The predicted octanol–water partition coefficient (Wildman–Crippen LogP) is 0.313. The highest BCUT2D eigenvalue weighted by Gasteiger charge is 2.40. The second-order valence-corrected chi connectivity index (χ2v) is 3.74. The van der Waals surface area contributed by atoms with Crippen LogP contribution in [0.2, 0.25) is 0 Å². The summed E-state index contributed by atoms with van der Waals surface area (Å²) in [4.78, 5) is 0. The largest absolute Gasteiger partial charge is 0.329 e. The van der Waals surface area contributed by atoms with E-state index in [1.165, 1.54) is 18.0 Å². The Morgan fingerprint density at radius 3 is 2.73 bits per heavy atom. The molecule has 0 spiro atoms. The predicted molar refractivity (Wildman–Crippen MR) is 42.3 cm³/mol. The molecule has 2 rings (SSSR count). The van der Waals surface area contributed by atoms with Crippen molar-refractivity contribution < 1.29 is 0 Å². The molecule has 11 heavy (non-hydrogen) atoms. The molecule has 5 heteroatoms. The first-order valence-electron chi connectivity index (χ1n) is 3.73. The molecule has 1 aromatic heterocycles. The summed E-state index contributed by atoms with van der Waals surface area (Å²) in [6.07, 6.45) is 3.57. The van der Waals surface area contributed by atoms with Gasteiger partial charge >= 0.3 is 0 Å². The number of nitrogens with zero attached hydrogens (tertiary/aromatic N) is 3. The molecule has 1 heterocycles. The van der Waals surface area contributed by atoms with Gasteiger partial charge in [-0.15, -0.1) is 5.10 Å². The molecule has 0 amide bonds. The first kappa shape index (κ1) is 7.12. The molecule has 1 aromatic rings. The van der Waals surface area contributed by atoms with Crippen LogP contribution in [0.4, 0.5) is 0 Å². The smallest absolute Gasteiger partial charge is 0.145 e. The Labute approximate surface area is 69.0 Å². The molecule has 0 bridgehead atoms. The van der Waals surface area contributed by atoms with Crippen molar-refractivity contribution in [2.75, 3.05) is 6.54 Å². The van der Waals surface area contributed by atoms with E-state index in [9.17, 15) is 0 Å². The van der Waals surface area contributed by atoms with E-state index in [0.717, 1.165) is 17.8 Å². The summed E-state index contributed by atoms with van der Waals surface area (Å²) in [6, 6.07) is 0. The van der Waals surface area contributed by atoms with E-state index in [2.05, 4.69) is 14.8 Å². The molecule has 0 unspecified atom stereocenters. The zero-order chi connectivity index (χ0) is 7.73. The average molecular weight is 170 g/mol. The molecular formula is C6H10N4S. The summed E-state index contributed by atoms with van der Waals surface area (Å²) < 4.78 is 3.74. The number of hydrogen-bond donors (Lipinski definition) is 1. The van der Waals surface area contributed by atoms with E-state index in [1.807, 2.05) is 0 Å². The Kier molecular flexibility index (Phi) is 1.61. The topological polar surface area (TPSA) is 64.7 Å². The van der Waals surface area contributed by atoms with E-state index in [4.69, 9.17) is 5.73 Å². The third kappa shape index (κ3) is 0.954. The van der Waals surface area contributed by atoms with Crippen molar-refractivity contribution in [2.24, 2.45) is 5.73 Å². The van der Waals surface area contributed by atoms with Crippen molar-refractivity contribution >= 4 is 11.5 Å². The Balaban J connectivity index is 2.25. The van der Waals surface area contributed by atoms with Crippen LogP contribution in [0.25, 0.3) is 0 Å². The van der Waals surface area contributed by atoms with Crippen LogP contribution in [-0.4, -0.2) is 21.3 Å².